The zero-order valence-electron chi connectivity index (χ0n) is 11.5. The summed E-state index contributed by atoms with van der Waals surface area (Å²) >= 11 is 5.49. The van der Waals surface area contributed by atoms with Crippen molar-refractivity contribution in [2.75, 3.05) is 26.3 Å². The largest absolute Gasteiger partial charge is 0.370 e. The van der Waals surface area contributed by atoms with Crippen molar-refractivity contribution in [2.24, 2.45) is 5.10 Å². The quantitative estimate of drug-likeness (QED) is 0.610. The Hall–Kier alpha value is -1.99. The standard InChI is InChI=1S/C14H13ClFN3O3/c15-14(21)19-7-11(18-5-6-22-8-12(18)20)13(17-19)9-1-3-10(16)4-2-9/h1-4,11H,5-8H2. The fourth-order valence-electron chi connectivity index (χ4n) is 2.58. The minimum absolute atomic E-state index is 0.00200. The highest BCUT2D eigenvalue weighted by Crippen LogP contribution is 2.22. The zero-order chi connectivity index (χ0) is 15.7. The van der Waals surface area contributed by atoms with Crippen LogP contribution < -0.4 is 0 Å². The number of benzene rings is 1. The van der Waals surface area contributed by atoms with Crippen molar-refractivity contribution in [1.29, 1.82) is 0 Å². The van der Waals surface area contributed by atoms with E-state index in [1.165, 1.54) is 12.1 Å². The normalized spacial score (nSPS) is 22.0. The maximum Gasteiger partial charge on any atom is 0.336 e. The van der Waals surface area contributed by atoms with E-state index in [1.54, 1.807) is 17.0 Å². The summed E-state index contributed by atoms with van der Waals surface area (Å²) < 4.78 is 18.2. The molecule has 0 saturated carbocycles. The van der Waals surface area contributed by atoms with Crippen LogP contribution in [0, 0.1) is 5.82 Å². The van der Waals surface area contributed by atoms with Crippen molar-refractivity contribution in [3.05, 3.63) is 35.6 Å². The molecule has 0 bridgehead atoms. The number of rotatable bonds is 2. The predicted molar refractivity (Wildman–Crippen MR) is 77.2 cm³/mol. The van der Waals surface area contributed by atoms with Gasteiger partial charge >= 0.3 is 5.37 Å². The van der Waals surface area contributed by atoms with Crippen LogP contribution in [0.4, 0.5) is 9.18 Å². The molecule has 1 unspecified atom stereocenters. The average molecular weight is 326 g/mol. The second-order valence-electron chi connectivity index (χ2n) is 4.98. The molecule has 2 aliphatic heterocycles. The molecule has 1 aromatic carbocycles. The van der Waals surface area contributed by atoms with Crippen LogP contribution in [-0.2, 0) is 9.53 Å². The summed E-state index contributed by atoms with van der Waals surface area (Å²) in [4.78, 5) is 25.0. The molecule has 0 N–H and O–H groups in total. The van der Waals surface area contributed by atoms with Crippen molar-refractivity contribution in [2.45, 2.75) is 6.04 Å². The summed E-state index contributed by atoms with van der Waals surface area (Å²) in [7, 11) is 0. The Labute approximate surface area is 131 Å². The summed E-state index contributed by atoms with van der Waals surface area (Å²) in [5.74, 6) is -0.540. The van der Waals surface area contributed by atoms with Gasteiger partial charge in [-0.1, -0.05) is 12.1 Å². The van der Waals surface area contributed by atoms with Gasteiger partial charge in [-0.3, -0.25) is 9.59 Å². The molecule has 2 aliphatic rings. The molecular weight excluding hydrogens is 313 g/mol. The summed E-state index contributed by atoms with van der Waals surface area (Å²) in [5, 5.41) is 4.58. The van der Waals surface area contributed by atoms with Crippen molar-refractivity contribution >= 4 is 28.6 Å². The van der Waals surface area contributed by atoms with Crippen molar-refractivity contribution in [1.82, 2.24) is 9.91 Å². The van der Waals surface area contributed by atoms with Crippen LogP contribution in [-0.4, -0.2) is 59.2 Å². The molecule has 116 valence electrons. The minimum atomic E-state index is -0.720. The molecule has 0 aliphatic carbocycles. The minimum Gasteiger partial charge on any atom is -0.370 e. The van der Waals surface area contributed by atoms with E-state index >= 15 is 0 Å². The van der Waals surface area contributed by atoms with E-state index in [1.807, 2.05) is 0 Å². The third-order valence-electron chi connectivity index (χ3n) is 3.63. The first kappa shape index (κ1) is 14.9. The Morgan fingerprint density at radius 3 is 2.73 bits per heavy atom. The van der Waals surface area contributed by atoms with E-state index in [4.69, 9.17) is 16.3 Å². The van der Waals surface area contributed by atoms with E-state index in [0.717, 1.165) is 5.01 Å². The summed E-state index contributed by atoms with van der Waals surface area (Å²) in [5.41, 5.74) is 1.16. The highest BCUT2D eigenvalue weighted by Gasteiger charge is 2.37. The lowest BCUT2D eigenvalue weighted by molar-refractivity contribution is -0.143. The summed E-state index contributed by atoms with van der Waals surface area (Å²) in [6.45, 7) is 1.02. The third kappa shape index (κ3) is 2.82. The number of amides is 2. The molecule has 2 amide bonds. The lowest BCUT2D eigenvalue weighted by Crippen LogP contribution is -2.52. The molecule has 3 rings (SSSR count). The van der Waals surface area contributed by atoms with Crippen molar-refractivity contribution in [3.8, 4) is 0 Å². The molecule has 22 heavy (non-hydrogen) atoms. The van der Waals surface area contributed by atoms with Gasteiger partial charge in [-0.15, -0.1) is 0 Å². The molecule has 6 nitrogen and oxygen atoms in total. The van der Waals surface area contributed by atoms with Gasteiger partial charge in [0.05, 0.1) is 24.9 Å². The average Bonchev–Trinajstić information content (AvgIpc) is 2.94. The Morgan fingerprint density at radius 1 is 1.36 bits per heavy atom. The maximum atomic E-state index is 13.1. The van der Waals surface area contributed by atoms with E-state index < -0.39 is 11.4 Å². The molecule has 0 spiro atoms. The van der Waals surface area contributed by atoms with E-state index in [2.05, 4.69) is 5.10 Å². The second kappa shape index (κ2) is 6.02. The number of carbonyl (C=O) groups is 2. The molecule has 0 aromatic heterocycles. The maximum absolute atomic E-state index is 13.1. The van der Waals surface area contributed by atoms with Gasteiger partial charge in [-0.2, -0.15) is 5.10 Å². The highest BCUT2D eigenvalue weighted by atomic mass is 35.5. The lowest BCUT2D eigenvalue weighted by Gasteiger charge is -2.32. The van der Waals surface area contributed by atoms with Crippen LogP contribution in [0.2, 0.25) is 0 Å². The Bertz CT molecular complexity index is 635. The number of nitrogens with zero attached hydrogens (tertiary/aromatic N) is 3. The van der Waals surface area contributed by atoms with Gasteiger partial charge in [-0.25, -0.2) is 9.40 Å². The van der Waals surface area contributed by atoms with Crippen molar-refractivity contribution in [3.63, 3.8) is 0 Å². The molecule has 8 heteroatoms. The van der Waals surface area contributed by atoms with Crippen LogP contribution in [0.15, 0.2) is 29.4 Å². The first-order valence-electron chi connectivity index (χ1n) is 6.75. The van der Waals surface area contributed by atoms with Gasteiger partial charge in [-0.05, 0) is 23.7 Å². The van der Waals surface area contributed by atoms with Gasteiger partial charge in [0.15, 0.2) is 0 Å². The second-order valence-corrected chi connectivity index (χ2v) is 5.31. The van der Waals surface area contributed by atoms with Gasteiger partial charge < -0.3 is 9.64 Å². The number of carbonyl (C=O) groups excluding carboxylic acids is 2. The molecule has 0 radical (unpaired) electrons. The number of ether oxygens (including phenoxy) is 1. The summed E-state index contributed by atoms with van der Waals surface area (Å²) in [6, 6.07) is 5.33. The Kier molecular flexibility index (Phi) is 4.08. The van der Waals surface area contributed by atoms with Gasteiger partial charge in [0.25, 0.3) is 0 Å². The molecule has 1 atom stereocenters. The molecular formula is C14H13ClFN3O3. The number of morpholine rings is 1. The lowest BCUT2D eigenvalue weighted by atomic mass is 10.0. The topological polar surface area (TPSA) is 62.2 Å². The highest BCUT2D eigenvalue weighted by molar-refractivity contribution is 6.62. The van der Waals surface area contributed by atoms with Crippen LogP contribution >= 0.6 is 11.6 Å². The monoisotopic (exact) mass is 325 g/mol. The number of hydrazone groups is 1. The fourth-order valence-corrected chi connectivity index (χ4v) is 2.68. The number of hydrogen-bond acceptors (Lipinski definition) is 4. The molecule has 1 fully saturated rings. The fraction of sp³-hybridized carbons (Fsp3) is 0.357. The predicted octanol–water partition coefficient (Wildman–Crippen LogP) is 1.43. The number of hydrogen-bond donors (Lipinski definition) is 0. The smallest absolute Gasteiger partial charge is 0.336 e. The third-order valence-corrected chi connectivity index (χ3v) is 3.83. The van der Waals surface area contributed by atoms with Crippen LogP contribution in [0.5, 0.6) is 0 Å². The Morgan fingerprint density at radius 2 is 2.09 bits per heavy atom. The Balaban J connectivity index is 1.94. The SMILES string of the molecule is O=C(Cl)N1CC(N2CCOCC2=O)C(c2ccc(F)cc2)=N1. The van der Waals surface area contributed by atoms with Gasteiger partial charge in [0.1, 0.15) is 12.4 Å². The van der Waals surface area contributed by atoms with Crippen LogP contribution in [0.3, 0.4) is 0 Å². The van der Waals surface area contributed by atoms with Gasteiger partial charge in [0, 0.05) is 12.1 Å². The van der Waals surface area contributed by atoms with E-state index in [0.29, 0.717) is 24.4 Å². The first-order valence-corrected chi connectivity index (χ1v) is 7.12. The molecule has 1 aromatic rings. The van der Waals surface area contributed by atoms with Crippen LogP contribution in [0.25, 0.3) is 0 Å². The molecule has 1 saturated heterocycles. The van der Waals surface area contributed by atoms with E-state index in [9.17, 15) is 14.0 Å². The molecule has 2 heterocycles. The summed E-state index contributed by atoms with van der Waals surface area (Å²) in [6.07, 6.45) is 0. The van der Waals surface area contributed by atoms with E-state index in [-0.39, 0.29) is 24.9 Å². The zero-order valence-corrected chi connectivity index (χ0v) is 12.3. The number of halogens is 2. The first-order chi connectivity index (χ1) is 10.6. The van der Waals surface area contributed by atoms with Gasteiger partial charge in [0.2, 0.25) is 5.91 Å². The van der Waals surface area contributed by atoms with Crippen molar-refractivity contribution < 1.29 is 18.7 Å². The van der Waals surface area contributed by atoms with Crippen LogP contribution in [0.1, 0.15) is 5.56 Å².